The number of anilines is 1. The van der Waals surface area contributed by atoms with E-state index in [0.29, 0.717) is 12.1 Å². The Morgan fingerprint density at radius 1 is 1.00 bits per heavy atom. The van der Waals surface area contributed by atoms with Gasteiger partial charge in [0.05, 0.1) is 5.69 Å². The van der Waals surface area contributed by atoms with Crippen molar-refractivity contribution in [2.24, 2.45) is 0 Å². The number of carbonyl (C=O) groups excluding carboxylic acids is 2. The molecule has 0 saturated carbocycles. The van der Waals surface area contributed by atoms with E-state index in [2.05, 4.69) is 24.4 Å². The largest absolute Gasteiger partial charge is 0.354 e. The summed E-state index contributed by atoms with van der Waals surface area (Å²) in [5, 5.41) is 4.91. The van der Waals surface area contributed by atoms with Gasteiger partial charge in [-0.2, -0.15) is 0 Å². The monoisotopic (exact) mass is 344 g/mol. The molecular formula is C22H20N2O2. The number of benzene rings is 3. The first kappa shape index (κ1) is 16.3. The summed E-state index contributed by atoms with van der Waals surface area (Å²) >= 11 is 0. The van der Waals surface area contributed by atoms with Crippen molar-refractivity contribution in [1.29, 1.82) is 0 Å². The molecule has 4 rings (SSSR count). The lowest BCUT2D eigenvalue weighted by Crippen LogP contribution is -2.40. The van der Waals surface area contributed by atoms with Crippen molar-refractivity contribution < 1.29 is 9.59 Å². The smallest absolute Gasteiger partial charge is 0.259 e. The second kappa shape index (κ2) is 6.64. The van der Waals surface area contributed by atoms with Gasteiger partial charge in [-0.3, -0.25) is 14.5 Å². The molecule has 0 radical (unpaired) electrons. The number of nitrogens with zero attached hydrogens (tertiary/aromatic N) is 1. The van der Waals surface area contributed by atoms with Gasteiger partial charge in [0.25, 0.3) is 5.91 Å². The number of hydrogen-bond acceptors (Lipinski definition) is 2. The Labute approximate surface area is 152 Å². The molecule has 130 valence electrons. The molecule has 4 heteroatoms. The third kappa shape index (κ3) is 2.84. The van der Waals surface area contributed by atoms with E-state index >= 15 is 0 Å². The quantitative estimate of drug-likeness (QED) is 0.767. The third-order valence-electron chi connectivity index (χ3n) is 4.92. The van der Waals surface area contributed by atoms with Gasteiger partial charge in [0, 0.05) is 17.5 Å². The van der Waals surface area contributed by atoms with Gasteiger partial charge in [-0.1, -0.05) is 61.5 Å². The summed E-state index contributed by atoms with van der Waals surface area (Å²) in [6, 6.07) is 21.6. The predicted molar refractivity (Wildman–Crippen MR) is 103 cm³/mol. The fourth-order valence-electron chi connectivity index (χ4n) is 3.50. The Morgan fingerprint density at radius 2 is 1.73 bits per heavy atom. The molecule has 3 aromatic rings. The highest BCUT2D eigenvalue weighted by molar-refractivity contribution is 6.26. The van der Waals surface area contributed by atoms with Crippen LogP contribution in [0.2, 0.25) is 0 Å². The van der Waals surface area contributed by atoms with Gasteiger partial charge in [0.15, 0.2) is 0 Å². The molecule has 2 amide bonds. The molecule has 0 saturated heterocycles. The van der Waals surface area contributed by atoms with Crippen molar-refractivity contribution in [3.63, 3.8) is 0 Å². The van der Waals surface area contributed by atoms with Crippen LogP contribution in [0.3, 0.4) is 0 Å². The van der Waals surface area contributed by atoms with Crippen LogP contribution in [-0.2, 0) is 4.79 Å². The first-order valence-electron chi connectivity index (χ1n) is 8.80. The second-order valence-corrected chi connectivity index (χ2v) is 6.69. The van der Waals surface area contributed by atoms with E-state index in [9.17, 15) is 9.59 Å². The Bertz CT molecular complexity index is 977. The van der Waals surface area contributed by atoms with E-state index in [1.807, 2.05) is 54.6 Å². The maximum Gasteiger partial charge on any atom is 0.259 e. The lowest BCUT2D eigenvalue weighted by atomic mass is 10.0. The zero-order valence-corrected chi connectivity index (χ0v) is 14.6. The summed E-state index contributed by atoms with van der Waals surface area (Å²) in [4.78, 5) is 26.7. The summed E-state index contributed by atoms with van der Waals surface area (Å²) in [7, 11) is 0. The van der Waals surface area contributed by atoms with Crippen LogP contribution >= 0.6 is 0 Å². The topological polar surface area (TPSA) is 49.4 Å². The maximum absolute atomic E-state index is 12.7. The summed E-state index contributed by atoms with van der Waals surface area (Å²) in [5.41, 5.74) is 2.67. The van der Waals surface area contributed by atoms with Gasteiger partial charge in [-0.25, -0.2) is 0 Å². The molecule has 1 aliphatic rings. The minimum absolute atomic E-state index is 0.0358. The average Bonchev–Trinajstić information content (AvgIpc) is 2.95. The van der Waals surface area contributed by atoms with Gasteiger partial charge in [0.2, 0.25) is 5.91 Å². The lowest BCUT2D eigenvalue weighted by molar-refractivity contribution is -0.119. The van der Waals surface area contributed by atoms with E-state index in [0.717, 1.165) is 16.5 Å². The maximum atomic E-state index is 12.7. The molecule has 0 fully saturated rings. The second-order valence-electron chi connectivity index (χ2n) is 6.69. The highest BCUT2D eigenvalue weighted by atomic mass is 16.2. The fourth-order valence-corrected chi connectivity index (χ4v) is 3.50. The normalized spacial score (nSPS) is 13.9. The molecule has 3 aromatic carbocycles. The van der Waals surface area contributed by atoms with Crippen molar-refractivity contribution in [3.05, 3.63) is 77.9 Å². The highest BCUT2D eigenvalue weighted by Gasteiger charge is 2.30. The third-order valence-corrected chi connectivity index (χ3v) is 4.92. The van der Waals surface area contributed by atoms with Crippen LogP contribution in [0.25, 0.3) is 10.8 Å². The van der Waals surface area contributed by atoms with Gasteiger partial charge >= 0.3 is 0 Å². The van der Waals surface area contributed by atoms with Gasteiger partial charge in [0.1, 0.15) is 6.54 Å². The first-order chi connectivity index (χ1) is 12.6. The minimum Gasteiger partial charge on any atom is -0.354 e. The number of rotatable bonds is 5. The summed E-state index contributed by atoms with van der Waals surface area (Å²) < 4.78 is 0. The Kier molecular flexibility index (Phi) is 4.17. The van der Waals surface area contributed by atoms with Crippen LogP contribution in [0.4, 0.5) is 5.69 Å². The number of amides is 2. The van der Waals surface area contributed by atoms with Gasteiger partial charge < -0.3 is 5.32 Å². The molecule has 0 aliphatic carbocycles. The van der Waals surface area contributed by atoms with Crippen LogP contribution in [0.1, 0.15) is 28.8 Å². The number of hydrogen-bond donors (Lipinski definition) is 1. The molecule has 1 heterocycles. The van der Waals surface area contributed by atoms with Crippen LogP contribution in [0.5, 0.6) is 0 Å². The van der Waals surface area contributed by atoms with E-state index in [4.69, 9.17) is 0 Å². The molecular weight excluding hydrogens is 324 g/mol. The summed E-state index contributed by atoms with van der Waals surface area (Å²) in [6.45, 7) is 2.66. The van der Waals surface area contributed by atoms with Crippen LogP contribution in [-0.4, -0.2) is 24.9 Å². The van der Waals surface area contributed by atoms with Crippen molar-refractivity contribution in [1.82, 2.24) is 5.32 Å². The van der Waals surface area contributed by atoms with E-state index in [-0.39, 0.29) is 24.3 Å². The summed E-state index contributed by atoms with van der Waals surface area (Å²) in [6.07, 6.45) is 0. The zero-order chi connectivity index (χ0) is 18.1. The fraction of sp³-hybridized carbons (Fsp3) is 0.182. The van der Waals surface area contributed by atoms with Gasteiger partial charge in [-0.15, -0.1) is 0 Å². The lowest BCUT2D eigenvalue weighted by Gasteiger charge is -2.18. The average molecular weight is 344 g/mol. The van der Waals surface area contributed by atoms with E-state index in [1.165, 1.54) is 5.56 Å². The van der Waals surface area contributed by atoms with Crippen molar-refractivity contribution in [3.8, 4) is 0 Å². The Balaban J connectivity index is 1.46. The van der Waals surface area contributed by atoms with Crippen LogP contribution < -0.4 is 10.2 Å². The molecule has 26 heavy (non-hydrogen) atoms. The molecule has 1 unspecified atom stereocenters. The van der Waals surface area contributed by atoms with Crippen molar-refractivity contribution >= 4 is 28.3 Å². The zero-order valence-electron chi connectivity index (χ0n) is 14.6. The van der Waals surface area contributed by atoms with Crippen molar-refractivity contribution in [2.45, 2.75) is 12.8 Å². The molecule has 1 aliphatic heterocycles. The molecule has 0 spiro atoms. The molecule has 0 bridgehead atoms. The van der Waals surface area contributed by atoms with Crippen LogP contribution in [0.15, 0.2) is 66.7 Å². The first-order valence-corrected chi connectivity index (χ1v) is 8.80. The summed E-state index contributed by atoms with van der Waals surface area (Å²) in [5.74, 6) is -0.0379. The highest BCUT2D eigenvalue weighted by Crippen LogP contribution is 2.36. The van der Waals surface area contributed by atoms with Crippen molar-refractivity contribution in [2.75, 3.05) is 18.0 Å². The standard InChI is InChI=1S/C22H20N2O2/c1-15(16-7-3-2-4-8-16)13-23-20(25)14-24-19-12-6-10-17-9-5-11-18(21(17)19)22(24)26/h2-12,15H,13-14H2,1H3,(H,23,25). The number of nitrogens with one attached hydrogen (secondary N) is 1. The van der Waals surface area contributed by atoms with E-state index in [1.54, 1.807) is 4.90 Å². The van der Waals surface area contributed by atoms with Crippen LogP contribution in [0, 0.1) is 0 Å². The predicted octanol–water partition coefficient (Wildman–Crippen LogP) is 3.72. The minimum atomic E-state index is -0.147. The molecule has 1 N–H and O–H groups in total. The van der Waals surface area contributed by atoms with Gasteiger partial charge in [-0.05, 0) is 29.0 Å². The Hall–Kier alpha value is -3.14. The molecule has 0 aromatic heterocycles. The van der Waals surface area contributed by atoms with E-state index < -0.39 is 0 Å². The number of carbonyl (C=O) groups is 2. The Morgan fingerprint density at radius 3 is 2.50 bits per heavy atom. The SMILES string of the molecule is CC(CNC(=O)CN1C(=O)c2cccc3cccc1c23)c1ccccc1. The molecule has 4 nitrogen and oxygen atoms in total. The molecule has 1 atom stereocenters.